The van der Waals surface area contributed by atoms with Crippen molar-refractivity contribution >= 4 is 11.9 Å². The van der Waals surface area contributed by atoms with Gasteiger partial charge in [-0.25, -0.2) is 0 Å². The molecule has 1 aliphatic heterocycles. The molecule has 1 aliphatic carbocycles. The Morgan fingerprint density at radius 2 is 2.09 bits per heavy atom. The Balaban J connectivity index is 1.90. The minimum atomic E-state index is -0.784. The number of hydrogen-bond donors (Lipinski definition) is 1. The van der Waals surface area contributed by atoms with Gasteiger partial charge in [-0.15, -0.1) is 0 Å². The molecule has 23 heavy (non-hydrogen) atoms. The minimum absolute atomic E-state index is 0.0422. The van der Waals surface area contributed by atoms with Gasteiger partial charge >= 0.3 is 5.97 Å². The number of methoxy groups -OCH3 is 2. The monoisotopic (exact) mass is 319 g/mol. The maximum absolute atomic E-state index is 12.9. The summed E-state index contributed by atoms with van der Waals surface area (Å²) in [4.78, 5) is 26.3. The van der Waals surface area contributed by atoms with Gasteiger partial charge in [0.15, 0.2) is 11.5 Å². The highest BCUT2D eigenvalue weighted by molar-refractivity contribution is 5.98. The highest BCUT2D eigenvalue weighted by atomic mass is 16.5. The third-order valence-electron chi connectivity index (χ3n) is 5.22. The Kier molecular flexibility index (Phi) is 3.92. The molecule has 0 unspecified atom stereocenters. The standard InChI is InChI=1S/C17H21NO5/c1-22-13-7-3-6-12(14(13)23-2)15(19)18-9-11-5-4-8-17(11,10-18)16(20)21/h3,6-7,11H,4-5,8-10H2,1-2H3,(H,20,21)/t11-,17+/m0/s1. The van der Waals surface area contributed by atoms with Crippen molar-refractivity contribution in [1.82, 2.24) is 4.90 Å². The number of nitrogens with zero attached hydrogens (tertiary/aromatic N) is 1. The van der Waals surface area contributed by atoms with Crippen LogP contribution < -0.4 is 9.47 Å². The quantitative estimate of drug-likeness (QED) is 0.919. The number of carbonyl (C=O) groups excluding carboxylic acids is 1. The fraction of sp³-hybridized carbons (Fsp3) is 0.529. The first kappa shape index (κ1) is 15.6. The molecular weight excluding hydrogens is 298 g/mol. The maximum Gasteiger partial charge on any atom is 0.311 e. The molecule has 0 spiro atoms. The largest absolute Gasteiger partial charge is 0.493 e. The van der Waals surface area contributed by atoms with Crippen LogP contribution in [0.25, 0.3) is 0 Å². The third-order valence-corrected chi connectivity index (χ3v) is 5.22. The summed E-state index contributed by atoms with van der Waals surface area (Å²) in [5.41, 5.74) is -0.366. The van der Waals surface area contributed by atoms with E-state index < -0.39 is 11.4 Å². The predicted molar refractivity (Wildman–Crippen MR) is 82.9 cm³/mol. The van der Waals surface area contributed by atoms with Crippen LogP contribution in [0.2, 0.25) is 0 Å². The smallest absolute Gasteiger partial charge is 0.311 e. The van der Waals surface area contributed by atoms with Gasteiger partial charge in [0.25, 0.3) is 5.91 Å². The zero-order valence-electron chi connectivity index (χ0n) is 13.4. The number of hydrogen-bond acceptors (Lipinski definition) is 4. The number of carbonyl (C=O) groups is 2. The number of amides is 1. The van der Waals surface area contributed by atoms with E-state index in [0.717, 1.165) is 12.8 Å². The van der Waals surface area contributed by atoms with Gasteiger partial charge in [-0.2, -0.15) is 0 Å². The van der Waals surface area contributed by atoms with Crippen LogP contribution in [0.5, 0.6) is 11.5 Å². The van der Waals surface area contributed by atoms with Gasteiger partial charge in [-0.05, 0) is 30.9 Å². The van der Waals surface area contributed by atoms with E-state index in [1.807, 2.05) is 0 Å². The van der Waals surface area contributed by atoms with Gasteiger partial charge in [-0.1, -0.05) is 12.5 Å². The molecule has 2 aliphatic rings. The topological polar surface area (TPSA) is 76.1 Å². The molecule has 3 rings (SSSR count). The zero-order valence-corrected chi connectivity index (χ0v) is 13.4. The summed E-state index contributed by atoms with van der Waals surface area (Å²) in [6.45, 7) is 0.762. The summed E-state index contributed by atoms with van der Waals surface area (Å²) in [5.74, 6) is -0.0589. The second-order valence-corrected chi connectivity index (χ2v) is 6.28. The van der Waals surface area contributed by atoms with Gasteiger partial charge in [0, 0.05) is 13.1 Å². The first-order valence-corrected chi connectivity index (χ1v) is 7.77. The van der Waals surface area contributed by atoms with Crippen LogP contribution in [0.1, 0.15) is 29.6 Å². The Morgan fingerprint density at radius 3 is 2.70 bits per heavy atom. The zero-order chi connectivity index (χ0) is 16.6. The number of para-hydroxylation sites is 1. The van der Waals surface area contributed by atoms with Gasteiger partial charge < -0.3 is 19.5 Å². The van der Waals surface area contributed by atoms with Crippen LogP contribution in [0.3, 0.4) is 0 Å². The van der Waals surface area contributed by atoms with Gasteiger partial charge in [-0.3, -0.25) is 9.59 Å². The van der Waals surface area contributed by atoms with E-state index in [0.29, 0.717) is 30.0 Å². The summed E-state index contributed by atoms with van der Waals surface area (Å²) in [7, 11) is 3.01. The third kappa shape index (κ3) is 2.33. The van der Waals surface area contributed by atoms with Crippen molar-refractivity contribution in [2.45, 2.75) is 19.3 Å². The minimum Gasteiger partial charge on any atom is -0.493 e. The molecule has 0 radical (unpaired) electrons. The van der Waals surface area contributed by atoms with Crippen molar-refractivity contribution in [3.63, 3.8) is 0 Å². The molecule has 2 fully saturated rings. The van der Waals surface area contributed by atoms with E-state index in [9.17, 15) is 14.7 Å². The van der Waals surface area contributed by atoms with Crippen molar-refractivity contribution in [1.29, 1.82) is 0 Å². The predicted octanol–water partition coefficient (Wildman–Crippen LogP) is 2.03. The van der Waals surface area contributed by atoms with Gasteiger partial charge in [0.2, 0.25) is 0 Å². The van der Waals surface area contributed by atoms with Crippen LogP contribution in [-0.2, 0) is 4.79 Å². The number of aliphatic carboxylic acids is 1. The summed E-state index contributed by atoms with van der Waals surface area (Å²) in [5, 5.41) is 9.64. The molecule has 1 saturated heterocycles. The first-order valence-electron chi connectivity index (χ1n) is 7.77. The lowest BCUT2D eigenvalue weighted by molar-refractivity contribution is -0.149. The van der Waals surface area contributed by atoms with Crippen molar-refractivity contribution < 1.29 is 24.2 Å². The Hall–Kier alpha value is -2.24. The second-order valence-electron chi connectivity index (χ2n) is 6.28. The molecule has 1 N–H and O–H groups in total. The van der Waals surface area contributed by atoms with E-state index in [4.69, 9.17) is 9.47 Å². The molecule has 124 valence electrons. The lowest BCUT2D eigenvalue weighted by atomic mass is 9.81. The molecule has 0 bridgehead atoms. The molecule has 1 saturated carbocycles. The van der Waals surface area contributed by atoms with Crippen LogP contribution >= 0.6 is 0 Å². The number of benzene rings is 1. The lowest BCUT2D eigenvalue weighted by Gasteiger charge is -2.23. The molecule has 1 heterocycles. The fourth-order valence-electron chi connectivity index (χ4n) is 4.02. The van der Waals surface area contributed by atoms with Gasteiger partial charge in [0.1, 0.15) is 0 Å². The number of fused-ring (bicyclic) bond motifs is 1. The fourth-order valence-corrected chi connectivity index (χ4v) is 4.02. The van der Waals surface area contributed by atoms with E-state index in [1.54, 1.807) is 23.1 Å². The highest BCUT2D eigenvalue weighted by Gasteiger charge is 2.56. The normalized spacial score (nSPS) is 26.0. The van der Waals surface area contributed by atoms with Crippen molar-refractivity contribution in [2.75, 3.05) is 27.3 Å². The van der Waals surface area contributed by atoms with E-state index in [1.165, 1.54) is 14.2 Å². The highest BCUT2D eigenvalue weighted by Crippen LogP contribution is 2.49. The van der Waals surface area contributed by atoms with Gasteiger partial charge in [0.05, 0.1) is 25.2 Å². The molecule has 1 aromatic rings. The molecule has 1 aromatic carbocycles. The summed E-state index contributed by atoms with van der Waals surface area (Å²) < 4.78 is 10.6. The molecule has 2 atom stereocenters. The number of likely N-dealkylation sites (tertiary alicyclic amines) is 1. The Bertz CT molecular complexity index is 644. The van der Waals surface area contributed by atoms with Crippen molar-refractivity contribution in [3.8, 4) is 11.5 Å². The number of ether oxygens (including phenoxy) is 2. The Morgan fingerprint density at radius 1 is 1.30 bits per heavy atom. The molecule has 6 heteroatoms. The van der Waals surface area contributed by atoms with Crippen molar-refractivity contribution in [3.05, 3.63) is 23.8 Å². The summed E-state index contributed by atoms with van der Waals surface area (Å²) in [6.07, 6.45) is 2.43. The molecular formula is C17H21NO5. The molecule has 0 aromatic heterocycles. The van der Waals surface area contributed by atoms with Crippen LogP contribution in [0.4, 0.5) is 0 Å². The number of carboxylic acid groups (broad SMARTS) is 1. The molecule has 6 nitrogen and oxygen atoms in total. The average molecular weight is 319 g/mol. The van der Waals surface area contributed by atoms with Crippen molar-refractivity contribution in [2.24, 2.45) is 11.3 Å². The van der Waals surface area contributed by atoms with Crippen LogP contribution in [-0.4, -0.2) is 49.2 Å². The first-order chi connectivity index (χ1) is 11.0. The maximum atomic E-state index is 12.9. The van der Waals surface area contributed by atoms with Crippen LogP contribution in [0.15, 0.2) is 18.2 Å². The summed E-state index contributed by atoms with van der Waals surface area (Å²) in [6, 6.07) is 5.15. The summed E-state index contributed by atoms with van der Waals surface area (Å²) >= 11 is 0. The lowest BCUT2D eigenvalue weighted by Crippen LogP contribution is -2.37. The Labute approximate surface area is 135 Å². The number of carboxylic acids is 1. The van der Waals surface area contributed by atoms with Crippen LogP contribution in [0, 0.1) is 11.3 Å². The van der Waals surface area contributed by atoms with E-state index in [-0.39, 0.29) is 18.4 Å². The van der Waals surface area contributed by atoms with E-state index in [2.05, 4.69) is 0 Å². The average Bonchev–Trinajstić information content (AvgIpc) is 3.11. The van der Waals surface area contributed by atoms with E-state index >= 15 is 0 Å². The molecule has 1 amide bonds. The SMILES string of the molecule is COc1cccc(C(=O)N2C[C@@H]3CCC[C@@]3(C(=O)O)C2)c1OC. The second kappa shape index (κ2) is 5.76. The number of rotatable bonds is 4.